The van der Waals surface area contributed by atoms with Gasteiger partial charge in [-0.1, -0.05) is 17.3 Å². The minimum Gasteiger partial charge on any atom is -0.497 e. The molecule has 0 bridgehead atoms. The number of oxime groups is 1. The van der Waals surface area contributed by atoms with Gasteiger partial charge >= 0.3 is 0 Å². The van der Waals surface area contributed by atoms with E-state index in [2.05, 4.69) is 42.3 Å². The molecule has 0 spiro atoms. The molecule has 0 unspecified atom stereocenters. The van der Waals surface area contributed by atoms with Crippen molar-refractivity contribution in [2.75, 3.05) is 26.8 Å². The van der Waals surface area contributed by atoms with Crippen LogP contribution in [0.1, 0.15) is 17.5 Å². The largest absolute Gasteiger partial charge is 0.497 e. The van der Waals surface area contributed by atoms with E-state index in [9.17, 15) is 10.0 Å². The molecule has 0 radical (unpaired) electrons. The van der Waals surface area contributed by atoms with Crippen LogP contribution >= 0.6 is 44.3 Å². The molecule has 7 nitrogen and oxygen atoms in total. The number of amides is 1. The van der Waals surface area contributed by atoms with Gasteiger partial charge < -0.3 is 25.7 Å². The zero-order valence-corrected chi connectivity index (χ0v) is 21.1. The number of benzene rings is 2. The van der Waals surface area contributed by atoms with Crippen molar-refractivity contribution in [3.05, 3.63) is 56.5 Å². The van der Waals surface area contributed by atoms with Gasteiger partial charge in [0.1, 0.15) is 17.2 Å². The summed E-state index contributed by atoms with van der Waals surface area (Å²) in [5.74, 6) is 1.03. The average molecular weight is 580 g/mol. The number of ether oxygens (including phenoxy) is 2. The summed E-state index contributed by atoms with van der Waals surface area (Å²) in [5.41, 5.74) is 7.37. The molecule has 170 valence electrons. The van der Waals surface area contributed by atoms with Crippen molar-refractivity contribution < 1.29 is 19.5 Å². The third-order valence-electron chi connectivity index (χ3n) is 4.27. The van der Waals surface area contributed by atoms with Crippen molar-refractivity contribution in [3.8, 4) is 11.5 Å². The van der Waals surface area contributed by atoms with Crippen LogP contribution in [-0.2, 0) is 17.6 Å². The molecule has 10 heteroatoms. The molecule has 4 N–H and O–H groups in total. The van der Waals surface area contributed by atoms with E-state index >= 15 is 0 Å². The Hall–Kier alpha value is -1.81. The lowest BCUT2D eigenvalue weighted by atomic mass is 10.1. The number of nitrogens with zero attached hydrogens (tertiary/aromatic N) is 1. The molecular weight excluding hydrogens is 554 g/mol. The predicted octanol–water partition coefficient (Wildman–Crippen LogP) is 4.10. The highest BCUT2D eigenvalue weighted by atomic mass is 79.9. The summed E-state index contributed by atoms with van der Waals surface area (Å²) in [4.78, 5) is 12.4. The molecule has 0 saturated carbocycles. The Morgan fingerprint density at radius 2 is 1.81 bits per heavy atom. The van der Waals surface area contributed by atoms with Crippen LogP contribution in [0.25, 0.3) is 0 Å². The fourth-order valence-electron chi connectivity index (χ4n) is 2.68. The maximum absolute atomic E-state index is 12.4. The standard InChI is InChI=1S/C21H25Br2N3O4.ClH/c1-29-16-5-3-14(4-6-16)7-9-25-21(27)19(26-28)13-15-11-17(22)20(18(23)12-15)30-10-2-8-24;/h3-6,11-12,28H,2,7-10,13,24H2,1H3,(H,25,27);1H/b26-19-;. The smallest absolute Gasteiger partial charge is 0.269 e. The zero-order chi connectivity index (χ0) is 21.9. The number of methoxy groups -OCH3 is 1. The van der Waals surface area contributed by atoms with E-state index in [0.717, 1.165) is 32.2 Å². The fraction of sp³-hybridized carbons (Fsp3) is 0.333. The van der Waals surface area contributed by atoms with Gasteiger partial charge in [0.15, 0.2) is 0 Å². The Labute approximate surface area is 205 Å². The summed E-state index contributed by atoms with van der Waals surface area (Å²) >= 11 is 6.96. The van der Waals surface area contributed by atoms with Gasteiger partial charge in [-0.2, -0.15) is 0 Å². The number of hydrogen-bond donors (Lipinski definition) is 3. The van der Waals surface area contributed by atoms with Gasteiger partial charge in [-0.05, 0) is 86.6 Å². The van der Waals surface area contributed by atoms with Gasteiger partial charge in [0, 0.05) is 13.0 Å². The maximum Gasteiger partial charge on any atom is 0.269 e. The zero-order valence-electron chi connectivity index (χ0n) is 17.1. The molecule has 0 aliphatic heterocycles. The van der Waals surface area contributed by atoms with Gasteiger partial charge in [-0.15, -0.1) is 12.4 Å². The fourth-order valence-corrected chi connectivity index (χ4v) is 4.19. The molecule has 0 fully saturated rings. The van der Waals surface area contributed by atoms with Crippen LogP contribution in [-0.4, -0.2) is 43.6 Å². The topological polar surface area (TPSA) is 106 Å². The lowest BCUT2D eigenvalue weighted by molar-refractivity contribution is -0.115. The van der Waals surface area contributed by atoms with E-state index < -0.39 is 5.91 Å². The van der Waals surface area contributed by atoms with E-state index in [1.165, 1.54) is 0 Å². The first kappa shape index (κ1) is 27.2. The molecule has 31 heavy (non-hydrogen) atoms. The van der Waals surface area contributed by atoms with Crippen molar-refractivity contribution in [2.24, 2.45) is 10.9 Å². The SMILES string of the molecule is COc1ccc(CCNC(=O)/C(Cc2cc(Br)c(OCCCN)c(Br)c2)=N\O)cc1.Cl. The number of hydrogen-bond acceptors (Lipinski definition) is 6. The molecule has 2 aromatic carbocycles. The summed E-state index contributed by atoms with van der Waals surface area (Å²) in [6.45, 7) is 1.48. The van der Waals surface area contributed by atoms with Gasteiger partial charge in [-0.3, -0.25) is 4.79 Å². The molecule has 2 aromatic rings. The first-order valence-corrected chi connectivity index (χ1v) is 11.0. The number of rotatable bonds is 11. The minimum atomic E-state index is -0.415. The van der Waals surface area contributed by atoms with E-state index in [4.69, 9.17) is 15.2 Å². The van der Waals surface area contributed by atoms with Crippen LogP contribution in [0.2, 0.25) is 0 Å². The second-order valence-corrected chi connectivity index (χ2v) is 8.17. The van der Waals surface area contributed by atoms with Crippen LogP contribution in [0.3, 0.4) is 0 Å². The highest BCUT2D eigenvalue weighted by molar-refractivity contribution is 9.11. The molecule has 1 amide bonds. The van der Waals surface area contributed by atoms with Crippen LogP contribution < -0.4 is 20.5 Å². The maximum atomic E-state index is 12.4. The summed E-state index contributed by atoms with van der Waals surface area (Å²) < 4.78 is 12.3. The summed E-state index contributed by atoms with van der Waals surface area (Å²) in [7, 11) is 1.62. The molecule has 0 heterocycles. The van der Waals surface area contributed by atoms with Gasteiger partial charge in [0.25, 0.3) is 5.91 Å². The molecule has 0 aliphatic rings. The normalized spacial score (nSPS) is 10.9. The summed E-state index contributed by atoms with van der Waals surface area (Å²) in [6.07, 6.45) is 1.57. The lowest BCUT2D eigenvalue weighted by Gasteiger charge is -2.12. The lowest BCUT2D eigenvalue weighted by Crippen LogP contribution is -2.33. The molecule has 0 aromatic heterocycles. The van der Waals surface area contributed by atoms with E-state index in [0.29, 0.717) is 31.9 Å². The van der Waals surface area contributed by atoms with Crippen LogP contribution in [0.5, 0.6) is 11.5 Å². The first-order chi connectivity index (χ1) is 14.5. The number of carbonyl (C=O) groups is 1. The Bertz CT molecular complexity index is 856. The highest BCUT2D eigenvalue weighted by Gasteiger charge is 2.16. The Balaban J connectivity index is 0.00000480. The van der Waals surface area contributed by atoms with E-state index in [1.807, 2.05) is 36.4 Å². The first-order valence-electron chi connectivity index (χ1n) is 9.41. The van der Waals surface area contributed by atoms with E-state index in [-0.39, 0.29) is 24.5 Å². The van der Waals surface area contributed by atoms with Gasteiger partial charge in [0.2, 0.25) is 0 Å². The van der Waals surface area contributed by atoms with Crippen molar-refractivity contribution in [1.82, 2.24) is 5.32 Å². The van der Waals surface area contributed by atoms with Crippen molar-refractivity contribution >= 4 is 55.9 Å². The Morgan fingerprint density at radius 1 is 1.16 bits per heavy atom. The molecule has 2 rings (SSSR count). The predicted molar refractivity (Wildman–Crippen MR) is 131 cm³/mol. The number of carbonyl (C=O) groups excluding carboxylic acids is 1. The van der Waals surface area contributed by atoms with Gasteiger partial charge in [0.05, 0.1) is 22.7 Å². The summed E-state index contributed by atoms with van der Waals surface area (Å²) in [6, 6.07) is 11.3. The average Bonchev–Trinajstić information content (AvgIpc) is 2.74. The number of nitrogens with two attached hydrogens (primary N) is 1. The summed E-state index contributed by atoms with van der Waals surface area (Å²) in [5, 5.41) is 15.3. The van der Waals surface area contributed by atoms with Crippen molar-refractivity contribution in [2.45, 2.75) is 19.3 Å². The van der Waals surface area contributed by atoms with Crippen LogP contribution in [0.15, 0.2) is 50.5 Å². The minimum absolute atomic E-state index is 0. The van der Waals surface area contributed by atoms with Crippen LogP contribution in [0, 0.1) is 0 Å². The Kier molecular flexibility index (Phi) is 12.5. The van der Waals surface area contributed by atoms with Gasteiger partial charge in [-0.25, -0.2) is 0 Å². The second kappa shape index (κ2) is 14.3. The van der Waals surface area contributed by atoms with Crippen molar-refractivity contribution in [1.29, 1.82) is 0 Å². The van der Waals surface area contributed by atoms with E-state index in [1.54, 1.807) is 7.11 Å². The monoisotopic (exact) mass is 577 g/mol. The second-order valence-electron chi connectivity index (χ2n) is 6.46. The van der Waals surface area contributed by atoms with Crippen LogP contribution in [0.4, 0.5) is 0 Å². The third-order valence-corrected chi connectivity index (χ3v) is 5.44. The highest BCUT2D eigenvalue weighted by Crippen LogP contribution is 2.35. The quantitative estimate of drug-likeness (QED) is 0.161. The number of halogens is 3. The molecule has 0 saturated heterocycles. The molecular formula is C21H26Br2ClN3O4. The Morgan fingerprint density at radius 3 is 2.35 bits per heavy atom. The third kappa shape index (κ3) is 8.68. The molecule has 0 atom stereocenters. The van der Waals surface area contributed by atoms with Crippen molar-refractivity contribution in [3.63, 3.8) is 0 Å². The number of nitrogens with one attached hydrogen (secondary N) is 1. The molecule has 0 aliphatic carbocycles.